The van der Waals surface area contributed by atoms with Crippen molar-refractivity contribution in [3.8, 4) is 0 Å². The summed E-state index contributed by atoms with van der Waals surface area (Å²) in [5, 5.41) is 0. The molecule has 66 valence electrons. The van der Waals surface area contributed by atoms with Crippen molar-refractivity contribution in [2.45, 2.75) is 0 Å². The first-order valence-corrected chi connectivity index (χ1v) is 5.47. The van der Waals surface area contributed by atoms with Gasteiger partial charge in [0.2, 0.25) is 0 Å². The van der Waals surface area contributed by atoms with Gasteiger partial charge in [-0.2, -0.15) is 0 Å². The second-order valence-corrected chi connectivity index (χ2v) is 5.13. The summed E-state index contributed by atoms with van der Waals surface area (Å²) in [6.45, 7) is 0.121. The Morgan fingerprint density at radius 3 is 2.36 bits per heavy atom. The van der Waals surface area contributed by atoms with Crippen molar-refractivity contribution in [2.75, 3.05) is 18.1 Å². The van der Waals surface area contributed by atoms with Crippen LogP contribution in [-0.4, -0.2) is 26.5 Å². The van der Waals surface area contributed by atoms with Crippen LogP contribution in [0.3, 0.4) is 0 Å². The number of nitrogens with two attached hydrogens (primary N) is 1. The maximum Gasteiger partial charge on any atom is 0.155 e. The van der Waals surface area contributed by atoms with Gasteiger partial charge in [0.05, 0.1) is 11.5 Å². The van der Waals surface area contributed by atoms with Gasteiger partial charge in [0.25, 0.3) is 0 Å². The van der Waals surface area contributed by atoms with E-state index in [-0.39, 0.29) is 22.5 Å². The molecule has 6 heteroatoms. The van der Waals surface area contributed by atoms with Crippen LogP contribution in [-0.2, 0) is 9.84 Å². The summed E-state index contributed by atoms with van der Waals surface area (Å²) < 4.78 is 21.7. The Kier molecular flexibility index (Phi) is 5.08. The standard InChI is InChI=1S/C5H9Cl2NO2S/c6-5(7)1-3-11(9,10)4-2-8/h1H,2-4,8H2. The second kappa shape index (κ2) is 4.98. The third-order valence-electron chi connectivity index (χ3n) is 0.920. The quantitative estimate of drug-likeness (QED) is 0.754. The minimum atomic E-state index is -3.10. The van der Waals surface area contributed by atoms with Crippen LogP contribution in [0.25, 0.3) is 0 Å². The summed E-state index contributed by atoms with van der Waals surface area (Å²) in [6.07, 6.45) is 1.23. The SMILES string of the molecule is NCCS(=O)(=O)CC=C(Cl)Cl. The lowest BCUT2D eigenvalue weighted by Crippen LogP contribution is -2.17. The molecule has 0 aliphatic rings. The van der Waals surface area contributed by atoms with Gasteiger partial charge >= 0.3 is 0 Å². The van der Waals surface area contributed by atoms with Crippen LogP contribution in [0.4, 0.5) is 0 Å². The van der Waals surface area contributed by atoms with Gasteiger partial charge < -0.3 is 5.73 Å². The lowest BCUT2D eigenvalue weighted by molar-refractivity contribution is 0.599. The third-order valence-corrected chi connectivity index (χ3v) is 2.76. The smallest absolute Gasteiger partial charge is 0.155 e. The van der Waals surface area contributed by atoms with Crippen molar-refractivity contribution in [1.29, 1.82) is 0 Å². The molecule has 0 aromatic rings. The summed E-state index contributed by atoms with van der Waals surface area (Å²) in [4.78, 5) is 0. The molecule has 3 nitrogen and oxygen atoms in total. The molecule has 0 saturated carbocycles. The molecule has 0 aliphatic carbocycles. The van der Waals surface area contributed by atoms with Crippen molar-refractivity contribution in [1.82, 2.24) is 0 Å². The fraction of sp³-hybridized carbons (Fsp3) is 0.600. The van der Waals surface area contributed by atoms with Gasteiger partial charge in [0.15, 0.2) is 9.84 Å². The fourth-order valence-corrected chi connectivity index (χ4v) is 1.74. The Labute approximate surface area is 76.1 Å². The van der Waals surface area contributed by atoms with E-state index in [1.807, 2.05) is 0 Å². The molecule has 2 N–H and O–H groups in total. The maximum absolute atomic E-state index is 10.9. The molecule has 0 bridgehead atoms. The van der Waals surface area contributed by atoms with E-state index in [1.54, 1.807) is 0 Å². The van der Waals surface area contributed by atoms with Gasteiger partial charge in [-0.25, -0.2) is 8.42 Å². The molecule has 0 fully saturated rings. The van der Waals surface area contributed by atoms with Crippen molar-refractivity contribution in [3.05, 3.63) is 10.6 Å². The molecule has 0 radical (unpaired) electrons. The number of hydrogen-bond acceptors (Lipinski definition) is 3. The number of sulfone groups is 1. The molecule has 0 aliphatic heterocycles. The lowest BCUT2D eigenvalue weighted by atomic mass is 10.8. The molecular formula is C5H9Cl2NO2S. The van der Waals surface area contributed by atoms with E-state index in [1.165, 1.54) is 6.08 Å². The van der Waals surface area contributed by atoms with Crippen molar-refractivity contribution < 1.29 is 8.42 Å². The largest absolute Gasteiger partial charge is 0.329 e. The molecule has 0 unspecified atom stereocenters. The molecule has 0 aromatic heterocycles. The highest BCUT2D eigenvalue weighted by Crippen LogP contribution is 2.06. The molecular weight excluding hydrogens is 209 g/mol. The third kappa shape index (κ3) is 6.62. The monoisotopic (exact) mass is 217 g/mol. The van der Waals surface area contributed by atoms with E-state index in [4.69, 9.17) is 28.9 Å². The molecule has 0 atom stereocenters. The highest BCUT2D eigenvalue weighted by atomic mass is 35.5. The summed E-state index contributed by atoms with van der Waals surface area (Å²) in [7, 11) is -3.10. The van der Waals surface area contributed by atoms with Crippen LogP contribution in [0.5, 0.6) is 0 Å². The van der Waals surface area contributed by atoms with Gasteiger partial charge in [-0.05, 0) is 6.08 Å². The highest BCUT2D eigenvalue weighted by Gasteiger charge is 2.06. The van der Waals surface area contributed by atoms with E-state index in [0.717, 1.165) is 0 Å². The summed E-state index contributed by atoms with van der Waals surface area (Å²) in [6, 6.07) is 0. The lowest BCUT2D eigenvalue weighted by Gasteiger charge is -1.96. The number of hydrogen-bond donors (Lipinski definition) is 1. The number of halogens is 2. The van der Waals surface area contributed by atoms with Crippen LogP contribution in [0.2, 0.25) is 0 Å². The zero-order valence-corrected chi connectivity index (χ0v) is 8.09. The first-order valence-electron chi connectivity index (χ1n) is 2.89. The zero-order chi connectivity index (χ0) is 8.91. The Morgan fingerprint density at radius 1 is 1.45 bits per heavy atom. The average Bonchev–Trinajstić information content (AvgIpc) is 1.84. The molecule has 0 aromatic carbocycles. The van der Waals surface area contributed by atoms with E-state index < -0.39 is 9.84 Å². The minimum Gasteiger partial charge on any atom is -0.329 e. The topological polar surface area (TPSA) is 60.2 Å². The van der Waals surface area contributed by atoms with Gasteiger partial charge in [-0.1, -0.05) is 23.2 Å². The molecule has 0 spiro atoms. The van der Waals surface area contributed by atoms with Crippen LogP contribution < -0.4 is 5.73 Å². The van der Waals surface area contributed by atoms with Crippen molar-refractivity contribution in [2.24, 2.45) is 5.73 Å². The maximum atomic E-state index is 10.9. The van der Waals surface area contributed by atoms with Crippen LogP contribution in [0.1, 0.15) is 0 Å². The molecule has 11 heavy (non-hydrogen) atoms. The average molecular weight is 218 g/mol. The predicted molar refractivity (Wildman–Crippen MR) is 47.5 cm³/mol. The zero-order valence-electron chi connectivity index (χ0n) is 5.76. The fourth-order valence-electron chi connectivity index (χ4n) is 0.453. The first-order chi connectivity index (χ1) is 4.98. The Bertz CT molecular complexity index is 231. The Hall–Kier alpha value is 0.230. The van der Waals surface area contributed by atoms with E-state index in [9.17, 15) is 8.42 Å². The summed E-state index contributed by atoms with van der Waals surface area (Å²) in [5.41, 5.74) is 5.06. The normalized spacial score (nSPS) is 11.2. The van der Waals surface area contributed by atoms with Crippen LogP contribution >= 0.6 is 23.2 Å². The molecule has 0 heterocycles. The van der Waals surface area contributed by atoms with Gasteiger partial charge in [-0.3, -0.25) is 0 Å². The van der Waals surface area contributed by atoms with Crippen molar-refractivity contribution in [3.63, 3.8) is 0 Å². The minimum absolute atomic E-state index is 0.0365. The Balaban J connectivity index is 4.05. The summed E-state index contributed by atoms with van der Waals surface area (Å²) >= 11 is 10.4. The van der Waals surface area contributed by atoms with E-state index >= 15 is 0 Å². The van der Waals surface area contributed by atoms with E-state index in [2.05, 4.69) is 0 Å². The Morgan fingerprint density at radius 2 is 2.00 bits per heavy atom. The van der Waals surface area contributed by atoms with Crippen LogP contribution in [0, 0.1) is 0 Å². The highest BCUT2D eigenvalue weighted by molar-refractivity contribution is 7.91. The molecule has 0 saturated heterocycles. The van der Waals surface area contributed by atoms with Crippen LogP contribution in [0.15, 0.2) is 10.6 Å². The van der Waals surface area contributed by atoms with Gasteiger partial charge in [0.1, 0.15) is 4.49 Å². The van der Waals surface area contributed by atoms with E-state index in [0.29, 0.717) is 0 Å². The summed E-state index contributed by atoms with van der Waals surface area (Å²) in [5.74, 6) is -0.183. The molecule has 0 rings (SSSR count). The van der Waals surface area contributed by atoms with Gasteiger partial charge in [-0.15, -0.1) is 0 Å². The molecule has 0 amide bonds. The first kappa shape index (κ1) is 11.2. The predicted octanol–water partition coefficient (Wildman–Crippen LogP) is 0.679. The number of rotatable bonds is 4. The van der Waals surface area contributed by atoms with Gasteiger partial charge in [0, 0.05) is 6.54 Å². The van der Waals surface area contributed by atoms with Crippen molar-refractivity contribution >= 4 is 33.0 Å². The second-order valence-electron chi connectivity index (χ2n) is 1.90.